The second-order valence-corrected chi connectivity index (χ2v) is 3.91. The molecule has 4 heteroatoms. The fourth-order valence-corrected chi connectivity index (χ4v) is 1.30. The number of ether oxygens (including phenoxy) is 1. The number of nitrogens with zero attached hydrogens (tertiary/aromatic N) is 1. The van der Waals surface area contributed by atoms with Crippen molar-refractivity contribution < 1.29 is 9.53 Å². The van der Waals surface area contributed by atoms with Crippen molar-refractivity contribution in [3.63, 3.8) is 0 Å². The van der Waals surface area contributed by atoms with E-state index >= 15 is 0 Å². The van der Waals surface area contributed by atoms with Crippen molar-refractivity contribution in [2.75, 3.05) is 6.54 Å². The molecule has 0 fully saturated rings. The highest BCUT2D eigenvalue weighted by molar-refractivity contribution is 5.71. The van der Waals surface area contributed by atoms with Crippen LogP contribution >= 0.6 is 0 Å². The normalized spacial score (nSPS) is 10.5. The molecule has 0 radical (unpaired) electrons. The standard InChI is InChI=1S/C12H18N2O2/c1-9(2)16-12(15)8-13-7-11-6-4-5-10(3)14-11/h4-6,9,13H,7-8H2,1-3H3. The average molecular weight is 222 g/mol. The highest BCUT2D eigenvalue weighted by atomic mass is 16.5. The Balaban J connectivity index is 2.28. The van der Waals surface area contributed by atoms with Gasteiger partial charge in [0.15, 0.2) is 0 Å². The maximum Gasteiger partial charge on any atom is 0.320 e. The van der Waals surface area contributed by atoms with E-state index in [-0.39, 0.29) is 18.6 Å². The molecule has 0 spiro atoms. The Morgan fingerprint density at radius 3 is 2.88 bits per heavy atom. The van der Waals surface area contributed by atoms with E-state index < -0.39 is 0 Å². The Labute approximate surface area is 96.0 Å². The SMILES string of the molecule is Cc1cccc(CNCC(=O)OC(C)C)n1. The number of pyridine rings is 1. The third kappa shape index (κ3) is 4.89. The van der Waals surface area contributed by atoms with Crippen LogP contribution in [0.4, 0.5) is 0 Å². The smallest absolute Gasteiger partial charge is 0.320 e. The first-order chi connectivity index (χ1) is 7.58. The zero-order valence-corrected chi connectivity index (χ0v) is 9.99. The Bertz CT molecular complexity index is 351. The predicted octanol–water partition coefficient (Wildman–Crippen LogP) is 1.43. The number of aromatic nitrogens is 1. The molecule has 1 rings (SSSR count). The first-order valence-corrected chi connectivity index (χ1v) is 5.40. The van der Waals surface area contributed by atoms with Gasteiger partial charge in [0.1, 0.15) is 0 Å². The Kier molecular flexibility index (Phi) is 4.92. The van der Waals surface area contributed by atoms with Crippen molar-refractivity contribution in [3.05, 3.63) is 29.6 Å². The van der Waals surface area contributed by atoms with Gasteiger partial charge >= 0.3 is 5.97 Å². The van der Waals surface area contributed by atoms with E-state index in [0.717, 1.165) is 11.4 Å². The Morgan fingerprint density at radius 1 is 1.50 bits per heavy atom. The van der Waals surface area contributed by atoms with Crippen LogP contribution in [0.1, 0.15) is 25.2 Å². The van der Waals surface area contributed by atoms with Gasteiger partial charge < -0.3 is 10.1 Å². The lowest BCUT2D eigenvalue weighted by molar-refractivity contribution is -0.146. The van der Waals surface area contributed by atoms with Crippen LogP contribution in [0.25, 0.3) is 0 Å². The average Bonchev–Trinajstić information content (AvgIpc) is 2.16. The highest BCUT2D eigenvalue weighted by Crippen LogP contribution is 1.97. The maximum atomic E-state index is 11.2. The minimum Gasteiger partial charge on any atom is -0.462 e. The van der Waals surface area contributed by atoms with Crippen molar-refractivity contribution in [2.24, 2.45) is 0 Å². The molecule has 1 aromatic heterocycles. The summed E-state index contributed by atoms with van der Waals surface area (Å²) in [4.78, 5) is 15.5. The van der Waals surface area contributed by atoms with E-state index in [1.54, 1.807) is 0 Å². The summed E-state index contributed by atoms with van der Waals surface area (Å²) >= 11 is 0. The fraction of sp³-hybridized carbons (Fsp3) is 0.500. The molecule has 4 nitrogen and oxygen atoms in total. The minimum absolute atomic E-state index is 0.0635. The van der Waals surface area contributed by atoms with E-state index in [0.29, 0.717) is 6.54 Å². The van der Waals surface area contributed by atoms with Gasteiger partial charge in [-0.15, -0.1) is 0 Å². The highest BCUT2D eigenvalue weighted by Gasteiger charge is 2.04. The van der Waals surface area contributed by atoms with Gasteiger partial charge in [-0.25, -0.2) is 0 Å². The summed E-state index contributed by atoms with van der Waals surface area (Å²) in [6.07, 6.45) is -0.0635. The molecule has 0 saturated carbocycles. The molecule has 0 aliphatic heterocycles. The number of hydrogen-bond acceptors (Lipinski definition) is 4. The van der Waals surface area contributed by atoms with Crippen LogP contribution in [0.3, 0.4) is 0 Å². The summed E-state index contributed by atoms with van der Waals surface area (Å²) in [5.41, 5.74) is 1.90. The van der Waals surface area contributed by atoms with Crippen LogP contribution in [0.2, 0.25) is 0 Å². The van der Waals surface area contributed by atoms with Gasteiger partial charge in [-0.05, 0) is 32.9 Å². The Morgan fingerprint density at radius 2 is 2.25 bits per heavy atom. The molecule has 0 aromatic carbocycles. The van der Waals surface area contributed by atoms with Gasteiger partial charge in [0, 0.05) is 12.2 Å². The number of carbonyl (C=O) groups excluding carboxylic acids is 1. The van der Waals surface area contributed by atoms with Gasteiger partial charge in [0.05, 0.1) is 18.3 Å². The van der Waals surface area contributed by atoms with Crippen LogP contribution in [-0.4, -0.2) is 23.6 Å². The first-order valence-electron chi connectivity index (χ1n) is 5.40. The van der Waals surface area contributed by atoms with Crippen LogP contribution < -0.4 is 5.32 Å². The van der Waals surface area contributed by atoms with Crippen molar-refractivity contribution in [1.82, 2.24) is 10.3 Å². The van der Waals surface area contributed by atoms with Gasteiger partial charge in [-0.3, -0.25) is 9.78 Å². The second kappa shape index (κ2) is 6.23. The lowest BCUT2D eigenvalue weighted by Crippen LogP contribution is -2.26. The van der Waals surface area contributed by atoms with E-state index in [9.17, 15) is 4.79 Å². The molecule has 0 atom stereocenters. The number of rotatable bonds is 5. The number of esters is 1. The van der Waals surface area contributed by atoms with E-state index in [1.807, 2.05) is 39.0 Å². The zero-order chi connectivity index (χ0) is 12.0. The number of nitrogens with one attached hydrogen (secondary N) is 1. The second-order valence-electron chi connectivity index (χ2n) is 3.91. The Hall–Kier alpha value is -1.42. The molecule has 1 heterocycles. The quantitative estimate of drug-likeness (QED) is 0.766. The number of carbonyl (C=O) groups is 1. The van der Waals surface area contributed by atoms with Crippen LogP contribution in [0, 0.1) is 6.92 Å². The maximum absolute atomic E-state index is 11.2. The fourth-order valence-electron chi connectivity index (χ4n) is 1.30. The van der Waals surface area contributed by atoms with Crippen molar-refractivity contribution in [2.45, 2.75) is 33.4 Å². The summed E-state index contributed by atoms with van der Waals surface area (Å²) in [6, 6.07) is 5.82. The summed E-state index contributed by atoms with van der Waals surface area (Å²) in [7, 11) is 0. The molecular weight excluding hydrogens is 204 g/mol. The largest absolute Gasteiger partial charge is 0.462 e. The number of aryl methyl sites for hydroxylation is 1. The molecule has 0 amide bonds. The molecule has 0 aliphatic carbocycles. The number of hydrogen-bond donors (Lipinski definition) is 1. The molecule has 0 unspecified atom stereocenters. The van der Waals surface area contributed by atoms with Gasteiger partial charge in [0.25, 0.3) is 0 Å². The van der Waals surface area contributed by atoms with Crippen LogP contribution in [0.5, 0.6) is 0 Å². The molecule has 0 bridgehead atoms. The summed E-state index contributed by atoms with van der Waals surface area (Å²) in [5.74, 6) is -0.234. The third-order valence-corrected chi connectivity index (χ3v) is 1.89. The lowest BCUT2D eigenvalue weighted by Gasteiger charge is -2.08. The van der Waals surface area contributed by atoms with Gasteiger partial charge in [0.2, 0.25) is 0 Å². The summed E-state index contributed by atoms with van der Waals surface area (Å²) in [5, 5.41) is 3.00. The zero-order valence-electron chi connectivity index (χ0n) is 9.99. The molecule has 16 heavy (non-hydrogen) atoms. The van der Waals surface area contributed by atoms with Crippen LogP contribution in [0.15, 0.2) is 18.2 Å². The molecule has 0 saturated heterocycles. The molecule has 0 aliphatic rings. The monoisotopic (exact) mass is 222 g/mol. The van der Waals surface area contributed by atoms with Crippen molar-refractivity contribution in [1.29, 1.82) is 0 Å². The van der Waals surface area contributed by atoms with E-state index in [1.165, 1.54) is 0 Å². The topological polar surface area (TPSA) is 51.2 Å². The molecule has 88 valence electrons. The third-order valence-electron chi connectivity index (χ3n) is 1.89. The molecule has 1 N–H and O–H groups in total. The molecule has 1 aromatic rings. The van der Waals surface area contributed by atoms with Gasteiger partial charge in [-0.2, -0.15) is 0 Å². The predicted molar refractivity (Wildman–Crippen MR) is 61.9 cm³/mol. The summed E-state index contributed by atoms with van der Waals surface area (Å²) in [6.45, 7) is 6.40. The summed E-state index contributed by atoms with van der Waals surface area (Å²) < 4.78 is 4.99. The van der Waals surface area contributed by atoms with Crippen molar-refractivity contribution in [3.8, 4) is 0 Å². The first kappa shape index (κ1) is 12.6. The van der Waals surface area contributed by atoms with E-state index in [4.69, 9.17) is 4.74 Å². The van der Waals surface area contributed by atoms with Gasteiger partial charge in [-0.1, -0.05) is 6.07 Å². The van der Waals surface area contributed by atoms with Crippen LogP contribution in [-0.2, 0) is 16.1 Å². The van der Waals surface area contributed by atoms with Crippen molar-refractivity contribution >= 4 is 5.97 Å². The molecular formula is C12H18N2O2. The van der Waals surface area contributed by atoms with E-state index in [2.05, 4.69) is 10.3 Å². The lowest BCUT2D eigenvalue weighted by atomic mass is 10.3. The minimum atomic E-state index is -0.234.